The van der Waals surface area contributed by atoms with E-state index < -0.39 is 24.3 Å². The van der Waals surface area contributed by atoms with Crippen molar-refractivity contribution in [2.45, 2.75) is 25.3 Å². The number of carbonyl (C=O) groups excluding carboxylic acids is 2. The van der Waals surface area contributed by atoms with Gasteiger partial charge in [0.05, 0.1) is 25.3 Å². The molecule has 0 unspecified atom stereocenters. The zero-order valence-electron chi connectivity index (χ0n) is 18.2. The van der Waals surface area contributed by atoms with Crippen LogP contribution in [0.1, 0.15) is 11.1 Å². The fourth-order valence-corrected chi connectivity index (χ4v) is 4.77. The van der Waals surface area contributed by atoms with E-state index in [0.29, 0.717) is 16.6 Å². The zero-order valence-corrected chi connectivity index (χ0v) is 19.9. The predicted molar refractivity (Wildman–Crippen MR) is 131 cm³/mol. The molecule has 0 aliphatic rings. The molecule has 180 valence electrons. The Kier molecular flexibility index (Phi) is 13.2. The second kappa shape index (κ2) is 16.2. The minimum Gasteiger partial charge on any atom is -0.445 e. The number of nitrogens with one attached hydrogen (secondary N) is 2. The quantitative estimate of drug-likeness (QED) is 0.234. The van der Waals surface area contributed by atoms with Crippen LogP contribution in [0.5, 0.6) is 0 Å². The molecular weight excluding hydrogens is 464 g/mol. The number of ether oxygens (including phenoxy) is 2. The van der Waals surface area contributed by atoms with Gasteiger partial charge in [0.2, 0.25) is 0 Å². The molecule has 0 saturated heterocycles. The number of rotatable bonds is 14. The number of hydrogen-bond donors (Lipinski definition) is 4. The summed E-state index contributed by atoms with van der Waals surface area (Å²) in [7, 11) is 0. The monoisotopic (exact) mass is 494 g/mol. The van der Waals surface area contributed by atoms with Crippen molar-refractivity contribution in [1.29, 1.82) is 0 Å². The first-order chi connectivity index (χ1) is 16.1. The van der Waals surface area contributed by atoms with Crippen LogP contribution in [0.3, 0.4) is 0 Å². The van der Waals surface area contributed by atoms with Gasteiger partial charge < -0.3 is 30.3 Å². The van der Waals surface area contributed by atoms with Gasteiger partial charge in [0, 0.05) is 16.6 Å². The van der Waals surface area contributed by atoms with Gasteiger partial charge in [-0.25, -0.2) is 9.59 Å². The van der Waals surface area contributed by atoms with Gasteiger partial charge in [-0.15, -0.1) is 23.5 Å². The van der Waals surface area contributed by atoms with Crippen molar-refractivity contribution in [2.75, 3.05) is 29.8 Å². The molecule has 2 rings (SSSR count). The molecular formula is C23H30N2O6S2. The lowest BCUT2D eigenvalue weighted by Gasteiger charge is -2.17. The molecule has 10 heteroatoms. The minimum absolute atomic E-state index is 0.164. The predicted octanol–water partition coefficient (Wildman–Crippen LogP) is 2.98. The summed E-state index contributed by atoms with van der Waals surface area (Å²) in [6.07, 6.45) is -1.16. The van der Waals surface area contributed by atoms with Crippen LogP contribution >= 0.6 is 23.5 Å². The highest BCUT2D eigenvalue weighted by atomic mass is 32.2. The van der Waals surface area contributed by atoms with Gasteiger partial charge >= 0.3 is 12.2 Å². The Labute approximate surface area is 202 Å². The van der Waals surface area contributed by atoms with Crippen LogP contribution in [0.2, 0.25) is 0 Å². The van der Waals surface area contributed by atoms with Crippen LogP contribution in [0.15, 0.2) is 60.7 Å². The van der Waals surface area contributed by atoms with Crippen LogP contribution in [-0.4, -0.2) is 64.3 Å². The minimum atomic E-state index is -0.579. The normalized spacial score (nSPS) is 12.4. The van der Waals surface area contributed by atoms with Crippen molar-refractivity contribution in [1.82, 2.24) is 10.6 Å². The van der Waals surface area contributed by atoms with Crippen LogP contribution in [-0.2, 0) is 22.7 Å². The van der Waals surface area contributed by atoms with Crippen molar-refractivity contribution in [3.05, 3.63) is 71.8 Å². The number of alkyl carbamates (subject to hydrolysis) is 2. The molecule has 0 heterocycles. The first kappa shape index (κ1) is 26.8. The number of carbonyl (C=O) groups is 2. The second-order valence-electron chi connectivity index (χ2n) is 7.03. The molecule has 0 saturated carbocycles. The van der Waals surface area contributed by atoms with Crippen molar-refractivity contribution in [2.24, 2.45) is 0 Å². The van der Waals surface area contributed by atoms with E-state index in [2.05, 4.69) is 10.6 Å². The number of hydrogen-bond acceptors (Lipinski definition) is 8. The lowest BCUT2D eigenvalue weighted by atomic mass is 10.2. The van der Waals surface area contributed by atoms with Crippen LogP contribution in [0, 0.1) is 0 Å². The molecule has 0 aliphatic carbocycles. The summed E-state index contributed by atoms with van der Waals surface area (Å²) in [6.45, 7) is -0.0767. The Bertz CT molecular complexity index is 746. The van der Waals surface area contributed by atoms with Gasteiger partial charge in [-0.05, 0) is 11.1 Å². The molecule has 8 nitrogen and oxygen atoms in total. The molecule has 4 N–H and O–H groups in total. The fourth-order valence-electron chi connectivity index (χ4n) is 2.58. The van der Waals surface area contributed by atoms with Crippen molar-refractivity contribution < 1.29 is 29.3 Å². The SMILES string of the molecule is O=C(N[C@H](CO)CSCSC[C@@H](CO)NC(=O)OCc1ccccc1)OCc1ccccc1. The van der Waals surface area contributed by atoms with Crippen LogP contribution in [0.4, 0.5) is 9.59 Å². The molecule has 0 aliphatic heterocycles. The average Bonchev–Trinajstić information content (AvgIpc) is 2.85. The topological polar surface area (TPSA) is 117 Å². The molecule has 2 aromatic carbocycles. The molecule has 0 fully saturated rings. The van der Waals surface area contributed by atoms with E-state index in [1.165, 1.54) is 23.5 Å². The van der Waals surface area contributed by atoms with E-state index in [0.717, 1.165) is 11.1 Å². The Hall–Kier alpha value is -2.40. The van der Waals surface area contributed by atoms with E-state index in [-0.39, 0.29) is 26.4 Å². The number of thioether (sulfide) groups is 2. The van der Waals surface area contributed by atoms with Gasteiger partial charge in [-0.2, -0.15) is 0 Å². The lowest BCUT2D eigenvalue weighted by Crippen LogP contribution is -2.40. The Morgan fingerprint density at radius 3 is 1.48 bits per heavy atom. The standard InChI is InChI=1S/C23H30N2O6S2/c26-11-20(24-22(28)30-13-18-7-3-1-4-8-18)15-32-17-33-16-21(12-27)25-23(29)31-14-19-9-5-2-6-10-19/h1-10,20-21,26-27H,11-17H2,(H,24,28)(H,25,29)/t20-,21-/m1/s1. The smallest absolute Gasteiger partial charge is 0.407 e. The molecule has 0 spiro atoms. The number of benzene rings is 2. The summed E-state index contributed by atoms with van der Waals surface area (Å²) >= 11 is 3.06. The van der Waals surface area contributed by atoms with Crippen molar-refractivity contribution in [3.63, 3.8) is 0 Å². The highest BCUT2D eigenvalue weighted by molar-refractivity contribution is 8.16. The van der Waals surface area contributed by atoms with E-state index in [1.54, 1.807) is 0 Å². The fraction of sp³-hybridized carbons (Fsp3) is 0.391. The van der Waals surface area contributed by atoms with Gasteiger partial charge in [0.25, 0.3) is 0 Å². The maximum absolute atomic E-state index is 11.9. The average molecular weight is 495 g/mol. The molecule has 2 aromatic rings. The number of aliphatic hydroxyl groups is 2. The molecule has 2 amide bonds. The highest BCUT2D eigenvalue weighted by Crippen LogP contribution is 2.14. The molecule has 0 bridgehead atoms. The third-order valence-corrected chi connectivity index (χ3v) is 6.92. The van der Waals surface area contributed by atoms with E-state index >= 15 is 0 Å². The summed E-state index contributed by atoms with van der Waals surface area (Å²) in [5.41, 5.74) is 1.77. The first-order valence-corrected chi connectivity index (χ1v) is 12.7. The second-order valence-corrected chi connectivity index (χ2v) is 9.46. The maximum Gasteiger partial charge on any atom is 0.407 e. The summed E-state index contributed by atoms with van der Waals surface area (Å²) in [4.78, 5) is 23.8. The van der Waals surface area contributed by atoms with Gasteiger partial charge in [0.15, 0.2) is 0 Å². The molecule has 0 aromatic heterocycles. The van der Waals surface area contributed by atoms with E-state index in [1.807, 2.05) is 60.7 Å². The summed E-state index contributed by atoms with van der Waals surface area (Å²) in [5.74, 6) is 1.00. The summed E-state index contributed by atoms with van der Waals surface area (Å²) in [5, 5.41) is 24.9. The zero-order chi connectivity index (χ0) is 23.7. The van der Waals surface area contributed by atoms with E-state index in [4.69, 9.17) is 9.47 Å². The third-order valence-electron chi connectivity index (χ3n) is 4.31. The van der Waals surface area contributed by atoms with Gasteiger partial charge in [-0.3, -0.25) is 0 Å². The Morgan fingerprint density at radius 1 is 0.727 bits per heavy atom. The van der Waals surface area contributed by atoms with Gasteiger partial charge in [-0.1, -0.05) is 60.7 Å². The summed E-state index contributed by atoms with van der Waals surface area (Å²) < 4.78 is 10.3. The van der Waals surface area contributed by atoms with Crippen LogP contribution in [0.25, 0.3) is 0 Å². The molecule has 33 heavy (non-hydrogen) atoms. The molecule has 2 atom stereocenters. The maximum atomic E-state index is 11.9. The number of amides is 2. The third kappa shape index (κ3) is 11.9. The van der Waals surface area contributed by atoms with Crippen molar-refractivity contribution in [3.8, 4) is 0 Å². The molecule has 0 radical (unpaired) electrons. The van der Waals surface area contributed by atoms with Crippen molar-refractivity contribution >= 4 is 35.7 Å². The van der Waals surface area contributed by atoms with E-state index in [9.17, 15) is 19.8 Å². The van der Waals surface area contributed by atoms with Crippen LogP contribution < -0.4 is 10.6 Å². The Morgan fingerprint density at radius 2 is 1.12 bits per heavy atom. The highest BCUT2D eigenvalue weighted by Gasteiger charge is 2.15. The Balaban J connectivity index is 1.56. The van der Waals surface area contributed by atoms with Gasteiger partial charge in [0.1, 0.15) is 13.2 Å². The summed E-state index contributed by atoms with van der Waals surface area (Å²) in [6, 6.07) is 17.8. The lowest BCUT2D eigenvalue weighted by molar-refractivity contribution is 0.130. The number of aliphatic hydroxyl groups excluding tert-OH is 2. The first-order valence-electron chi connectivity index (χ1n) is 10.4. The largest absolute Gasteiger partial charge is 0.445 e.